The monoisotopic (exact) mass is 216 g/mol. The zero-order valence-corrected chi connectivity index (χ0v) is 9.06. The number of hydrogen-bond acceptors (Lipinski definition) is 3. The van der Waals surface area contributed by atoms with E-state index in [0.717, 1.165) is 6.21 Å². The van der Waals surface area contributed by atoms with E-state index in [1.807, 2.05) is 18.2 Å². The van der Waals surface area contributed by atoms with Crippen LogP contribution in [0.2, 0.25) is 0 Å². The largest absolute Gasteiger partial charge is 0.505 e. The molecule has 0 spiro atoms. The van der Waals surface area contributed by atoms with Crippen LogP contribution in [0.4, 0.5) is 0 Å². The van der Waals surface area contributed by atoms with Gasteiger partial charge in [0.05, 0.1) is 12.3 Å². The molecule has 3 heteroatoms. The molecular weight excluding hydrogens is 200 g/mol. The Bertz CT molecular complexity index is 382. The lowest BCUT2D eigenvalue weighted by atomic mass is 10.0. The summed E-state index contributed by atoms with van der Waals surface area (Å²) in [6, 6.07) is 10.5. The smallest absolute Gasteiger partial charge is 0.148 e. The first-order valence-electron chi connectivity index (χ1n) is 5.52. The van der Waals surface area contributed by atoms with Crippen molar-refractivity contribution in [3.8, 4) is 0 Å². The third-order valence-corrected chi connectivity index (χ3v) is 2.81. The molecule has 1 aliphatic rings. The second-order valence-corrected chi connectivity index (χ2v) is 4.11. The van der Waals surface area contributed by atoms with Crippen LogP contribution in [0.3, 0.4) is 0 Å². The molecule has 16 heavy (non-hydrogen) atoms. The van der Waals surface area contributed by atoms with Crippen molar-refractivity contribution in [2.24, 2.45) is 5.92 Å². The molecule has 0 heterocycles. The highest BCUT2D eigenvalue weighted by molar-refractivity contribution is 5.71. The lowest BCUT2D eigenvalue weighted by Crippen LogP contribution is -2.18. The van der Waals surface area contributed by atoms with Crippen LogP contribution in [-0.4, -0.2) is 11.3 Å². The molecule has 1 aromatic carbocycles. The third-order valence-electron chi connectivity index (χ3n) is 2.81. The van der Waals surface area contributed by atoms with Gasteiger partial charge >= 0.3 is 0 Å². The molecule has 1 fully saturated rings. The fourth-order valence-electron chi connectivity index (χ4n) is 1.81. The van der Waals surface area contributed by atoms with E-state index in [1.165, 1.54) is 24.6 Å². The summed E-state index contributed by atoms with van der Waals surface area (Å²) in [5.41, 5.74) is 1.24. The van der Waals surface area contributed by atoms with Crippen molar-refractivity contribution in [1.82, 2.24) is 5.32 Å². The van der Waals surface area contributed by atoms with Gasteiger partial charge in [0, 0.05) is 6.20 Å². The van der Waals surface area contributed by atoms with Crippen molar-refractivity contribution < 1.29 is 5.11 Å². The highest BCUT2D eigenvalue weighted by Crippen LogP contribution is 2.40. The fourth-order valence-corrected chi connectivity index (χ4v) is 1.81. The van der Waals surface area contributed by atoms with Crippen LogP contribution in [0.15, 0.2) is 42.3 Å². The minimum atomic E-state index is -0.0402. The molecule has 3 nitrogen and oxygen atoms in total. The van der Waals surface area contributed by atoms with E-state index in [1.54, 1.807) is 0 Å². The van der Waals surface area contributed by atoms with Gasteiger partial charge in [0.25, 0.3) is 0 Å². The van der Waals surface area contributed by atoms with Crippen LogP contribution < -0.4 is 5.32 Å². The van der Waals surface area contributed by atoms with Crippen molar-refractivity contribution in [3.63, 3.8) is 0 Å². The minimum absolute atomic E-state index is 0.0402. The Hall–Kier alpha value is -1.77. The number of rotatable bonds is 5. The SMILES string of the molecule is N=C/C(O)=C\NC(c1ccccc1)C1CC1. The van der Waals surface area contributed by atoms with Gasteiger partial charge in [0.15, 0.2) is 0 Å². The van der Waals surface area contributed by atoms with Gasteiger partial charge in [-0.1, -0.05) is 30.3 Å². The number of aliphatic hydroxyl groups is 1. The first-order valence-corrected chi connectivity index (χ1v) is 5.52. The first-order chi connectivity index (χ1) is 7.81. The highest BCUT2D eigenvalue weighted by Gasteiger charge is 2.31. The summed E-state index contributed by atoms with van der Waals surface area (Å²) in [5, 5.41) is 19.3. The van der Waals surface area contributed by atoms with E-state index < -0.39 is 0 Å². The minimum Gasteiger partial charge on any atom is -0.505 e. The molecule has 1 unspecified atom stereocenters. The van der Waals surface area contributed by atoms with Gasteiger partial charge in [0.2, 0.25) is 0 Å². The topological polar surface area (TPSA) is 56.1 Å². The maximum atomic E-state index is 9.21. The Morgan fingerprint density at radius 1 is 1.38 bits per heavy atom. The predicted octanol–water partition coefficient (Wildman–Crippen LogP) is 2.78. The summed E-state index contributed by atoms with van der Waals surface area (Å²) >= 11 is 0. The van der Waals surface area contributed by atoms with Gasteiger partial charge in [0.1, 0.15) is 5.76 Å². The summed E-state index contributed by atoms with van der Waals surface area (Å²) in [5.74, 6) is 0.610. The van der Waals surface area contributed by atoms with Crippen molar-refractivity contribution >= 4 is 6.21 Å². The van der Waals surface area contributed by atoms with E-state index in [9.17, 15) is 5.11 Å². The van der Waals surface area contributed by atoms with Crippen LogP contribution >= 0.6 is 0 Å². The molecule has 84 valence electrons. The summed E-state index contributed by atoms with van der Waals surface area (Å²) < 4.78 is 0. The number of allylic oxidation sites excluding steroid dienone is 1. The quantitative estimate of drug-likeness (QED) is 0.523. The summed E-state index contributed by atoms with van der Waals surface area (Å²) in [4.78, 5) is 0. The Labute approximate surface area is 95.3 Å². The van der Waals surface area contributed by atoms with E-state index in [0.29, 0.717) is 5.92 Å². The maximum absolute atomic E-state index is 9.21. The van der Waals surface area contributed by atoms with Crippen molar-refractivity contribution in [3.05, 3.63) is 47.9 Å². The van der Waals surface area contributed by atoms with Gasteiger partial charge in [-0.25, -0.2) is 0 Å². The maximum Gasteiger partial charge on any atom is 0.148 e. The molecule has 1 saturated carbocycles. The molecule has 3 N–H and O–H groups in total. The summed E-state index contributed by atoms with van der Waals surface area (Å²) in [7, 11) is 0. The third kappa shape index (κ3) is 2.63. The average molecular weight is 216 g/mol. The molecule has 0 aromatic heterocycles. The molecule has 0 saturated heterocycles. The molecule has 0 bridgehead atoms. The number of benzene rings is 1. The van der Waals surface area contributed by atoms with Gasteiger partial charge in [-0.2, -0.15) is 0 Å². The van der Waals surface area contributed by atoms with E-state index in [-0.39, 0.29) is 11.8 Å². The molecule has 0 amide bonds. The number of hydrogen-bond donors (Lipinski definition) is 3. The molecule has 1 atom stereocenters. The van der Waals surface area contributed by atoms with Gasteiger partial charge in [-0.3, -0.25) is 0 Å². The zero-order valence-electron chi connectivity index (χ0n) is 9.06. The lowest BCUT2D eigenvalue weighted by molar-refractivity contribution is 0.433. The number of aliphatic hydroxyl groups excluding tert-OH is 1. The van der Waals surface area contributed by atoms with Gasteiger partial charge in [-0.15, -0.1) is 0 Å². The van der Waals surface area contributed by atoms with Crippen LogP contribution in [0.5, 0.6) is 0 Å². The Kier molecular flexibility index (Phi) is 3.25. The molecular formula is C13H16N2O. The van der Waals surface area contributed by atoms with Crippen molar-refractivity contribution in [2.75, 3.05) is 0 Å². The molecule has 1 aliphatic carbocycles. The van der Waals surface area contributed by atoms with Gasteiger partial charge < -0.3 is 15.8 Å². The van der Waals surface area contributed by atoms with Crippen LogP contribution in [0, 0.1) is 11.3 Å². The van der Waals surface area contributed by atoms with Crippen LogP contribution in [-0.2, 0) is 0 Å². The van der Waals surface area contributed by atoms with E-state index >= 15 is 0 Å². The Morgan fingerprint density at radius 3 is 2.62 bits per heavy atom. The second-order valence-electron chi connectivity index (χ2n) is 4.11. The second kappa shape index (κ2) is 4.84. The standard InChI is InChI=1S/C13H16N2O/c14-8-12(16)9-15-13(11-6-7-11)10-4-2-1-3-5-10/h1-5,8-9,11,13-16H,6-7H2/b12-9+,14-8?. The predicted molar refractivity (Wildman–Crippen MR) is 64.5 cm³/mol. The lowest BCUT2D eigenvalue weighted by Gasteiger charge is -2.17. The van der Waals surface area contributed by atoms with E-state index in [4.69, 9.17) is 5.41 Å². The zero-order chi connectivity index (χ0) is 11.4. The Morgan fingerprint density at radius 2 is 2.06 bits per heavy atom. The fraction of sp³-hybridized carbons (Fsp3) is 0.308. The molecule has 0 radical (unpaired) electrons. The first kappa shape index (κ1) is 10.7. The number of nitrogens with one attached hydrogen (secondary N) is 2. The molecule has 0 aliphatic heterocycles. The molecule has 2 rings (SSSR count). The molecule has 1 aromatic rings. The van der Waals surface area contributed by atoms with Crippen molar-refractivity contribution in [1.29, 1.82) is 5.41 Å². The van der Waals surface area contributed by atoms with Crippen molar-refractivity contribution in [2.45, 2.75) is 18.9 Å². The average Bonchev–Trinajstić information content (AvgIpc) is 3.15. The summed E-state index contributed by atoms with van der Waals surface area (Å²) in [6.07, 6.45) is 4.89. The normalized spacial score (nSPS) is 17.9. The Balaban J connectivity index is 2.09. The van der Waals surface area contributed by atoms with E-state index in [2.05, 4.69) is 17.4 Å². The van der Waals surface area contributed by atoms with Gasteiger partial charge in [-0.05, 0) is 24.3 Å². The van der Waals surface area contributed by atoms with Crippen LogP contribution in [0.25, 0.3) is 0 Å². The van der Waals surface area contributed by atoms with Crippen LogP contribution in [0.1, 0.15) is 24.4 Å². The summed E-state index contributed by atoms with van der Waals surface area (Å²) in [6.45, 7) is 0. The highest BCUT2D eigenvalue weighted by atomic mass is 16.3.